The first kappa shape index (κ1) is 11.0. The molecule has 0 heterocycles. The predicted molar refractivity (Wildman–Crippen MR) is 55.3 cm³/mol. The van der Waals surface area contributed by atoms with Crippen LogP contribution in [0, 0.1) is 5.92 Å². The van der Waals surface area contributed by atoms with Crippen molar-refractivity contribution < 1.29 is 0 Å². The fourth-order valence-corrected chi connectivity index (χ4v) is 2.45. The van der Waals surface area contributed by atoms with Crippen molar-refractivity contribution in [3.8, 4) is 0 Å². The van der Waals surface area contributed by atoms with Gasteiger partial charge in [0.2, 0.25) is 0 Å². The summed E-state index contributed by atoms with van der Waals surface area (Å²) in [5.41, 5.74) is 8.11. The number of alkyl halides is 2. The quantitative estimate of drug-likeness (QED) is 0.302. The molecule has 1 fully saturated rings. The molecule has 0 N–H and O–H groups in total. The summed E-state index contributed by atoms with van der Waals surface area (Å²) in [6.45, 7) is 0.536. The lowest BCUT2D eigenvalue weighted by Crippen LogP contribution is -2.26. The zero-order valence-electron chi connectivity index (χ0n) is 7.37. The van der Waals surface area contributed by atoms with Gasteiger partial charge in [0.25, 0.3) is 0 Å². The summed E-state index contributed by atoms with van der Waals surface area (Å²) in [7, 11) is 0. The van der Waals surface area contributed by atoms with Gasteiger partial charge in [-0.2, -0.15) is 0 Å². The highest BCUT2D eigenvalue weighted by Gasteiger charge is 2.27. The second kappa shape index (κ2) is 5.58. The molecule has 0 radical (unpaired) electrons. The minimum Gasteiger partial charge on any atom is -0.123 e. The Morgan fingerprint density at radius 1 is 1.38 bits per heavy atom. The summed E-state index contributed by atoms with van der Waals surface area (Å²) in [5.74, 6) is 0.420. The molecule has 3 nitrogen and oxygen atoms in total. The Hall–Kier alpha value is -0.110. The van der Waals surface area contributed by atoms with Crippen LogP contribution in [0.1, 0.15) is 25.7 Å². The van der Waals surface area contributed by atoms with Crippen LogP contribution in [0.25, 0.3) is 10.4 Å². The van der Waals surface area contributed by atoms with E-state index < -0.39 is 0 Å². The van der Waals surface area contributed by atoms with Crippen molar-refractivity contribution in [1.82, 2.24) is 0 Å². The third kappa shape index (κ3) is 3.63. The van der Waals surface area contributed by atoms with E-state index >= 15 is 0 Å². The van der Waals surface area contributed by atoms with Crippen molar-refractivity contribution in [1.29, 1.82) is 0 Å². The molecule has 5 heteroatoms. The molecule has 0 aromatic rings. The zero-order chi connectivity index (χ0) is 9.68. The van der Waals surface area contributed by atoms with Gasteiger partial charge in [-0.1, -0.05) is 5.11 Å². The van der Waals surface area contributed by atoms with E-state index in [-0.39, 0.29) is 10.8 Å². The van der Waals surface area contributed by atoms with Gasteiger partial charge >= 0.3 is 0 Å². The number of azide groups is 1. The molecule has 13 heavy (non-hydrogen) atoms. The van der Waals surface area contributed by atoms with Crippen molar-refractivity contribution in [2.45, 2.75) is 36.4 Å². The van der Waals surface area contributed by atoms with E-state index in [4.69, 9.17) is 28.7 Å². The average molecular weight is 222 g/mol. The normalized spacial score (nSPS) is 33.8. The van der Waals surface area contributed by atoms with Gasteiger partial charge in [0, 0.05) is 22.2 Å². The third-order valence-electron chi connectivity index (χ3n) is 2.49. The Bertz CT molecular complexity index is 204. The van der Waals surface area contributed by atoms with Crippen LogP contribution < -0.4 is 0 Å². The van der Waals surface area contributed by atoms with E-state index in [2.05, 4.69) is 10.0 Å². The van der Waals surface area contributed by atoms with Crippen LogP contribution >= 0.6 is 23.2 Å². The molecule has 0 aliphatic heterocycles. The summed E-state index contributed by atoms with van der Waals surface area (Å²) in [4.78, 5) is 2.71. The molecular formula is C8H13Cl2N3. The molecule has 0 spiro atoms. The maximum Gasteiger partial charge on any atom is 0.0365 e. The van der Waals surface area contributed by atoms with Crippen molar-refractivity contribution in [2.75, 3.05) is 6.54 Å². The second-order valence-corrected chi connectivity index (χ2v) is 4.61. The van der Waals surface area contributed by atoms with Crippen LogP contribution in [0.4, 0.5) is 0 Å². The van der Waals surface area contributed by atoms with E-state index in [0.29, 0.717) is 12.5 Å². The van der Waals surface area contributed by atoms with Crippen LogP contribution in [0.15, 0.2) is 5.11 Å². The summed E-state index contributed by atoms with van der Waals surface area (Å²) >= 11 is 12.2. The van der Waals surface area contributed by atoms with Crippen LogP contribution in [-0.2, 0) is 0 Å². The highest BCUT2D eigenvalue weighted by molar-refractivity contribution is 6.22. The number of hydrogen-bond donors (Lipinski definition) is 0. The average Bonchev–Trinajstić information content (AvgIpc) is 2.11. The van der Waals surface area contributed by atoms with E-state index in [9.17, 15) is 0 Å². The predicted octanol–water partition coefficient (Wildman–Crippen LogP) is 3.70. The first-order valence-corrected chi connectivity index (χ1v) is 5.40. The van der Waals surface area contributed by atoms with Gasteiger partial charge in [0.15, 0.2) is 0 Å². The van der Waals surface area contributed by atoms with E-state index in [1.54, 1.807) is 0 Å². The molecule has 0 amide bonds. The SMILES string of the molecule is [N-]=[N+]=NCCC1CC(Cl)CCC1Cl. The number of halogens is 2. The highest BCUT2D eigenvalue weighted by Crippen LogP contribution is 2.33. The second-order valence-electron chi connectivity index (χ2n) is 3.43. The summed E-state index contributed by atoms with van der Waals surface area (Å²) in [6, 6.07) is 0. The van der Waals surface area contributed by atoms with Crippen LogP contribution in [-0.4, -0.2) is 17.3 Å². The lowest BCUT2D eigenvalue weighted by Gasteiger charge is -2.29. The highest BCUT2D eigenvalue weighted by atomic mass is 35.5. The topological polar surface area (TPSA) is 48.8 Å². The molecule has 0 bridgehead atoms. The van der Waals surface area contributed by atoms with Gasteiger partial charge in [-0.25, -0.2) is 0 Å². The summed E-state index contributed by atoms with van der Waals surface area (Å²) < 4.78 is 0. The molecule has 1 aliphatic carbocycles. The molecule has 74 valence electrons. The first-order valence-electron chi connectivity index (χ1n) is 4.53. The van der Waals surface area contributed by atoms with Crippen molar-refractivity contribution in [2.24, 2.45) is 11.0 Å². The fraction of sp³-hybridized carbons (Fsp3) is 1.00. The van der Waals surface area contributed by atoms with E-state index in [0.717, 1.165) is 25.7 Å². The molecule has 3 unspecified atom stereocenters. The van der Waals surface area contributed by atoms with Gasteiger partial charge in [-0.15, -0.1) is 23.2 Å². The van der Waals surface area contributed by atoms with Gasteiger partial charge in [-0.05, 0) is 37.1 Å². The number of rotatable bonds is 3. The minimum atomic E-state index is 0.212. The van der Waals surface area contributed by atoms with Crippen molar-refractivity contribution >= 4 is 23.2 Å². The van der Waals surface area contributed by atoms with Gasteiger partial charge in [-0.3, -0.25) is 0 Å². The maximum absolute atomic E-state index is 8.11. The smallest absolute Gasteiger partial charge is 0.0365 e. The van der Waals surface area contributed by atoms with Gasteiger partial charge in [0.1, 0.15) is 0 Å². The minimum absolute atomic E-state index is 0.212. The molecule has 0 aromatic carbocycles. The van der Waals surface area contributed by atoms with Gasteiger partial charge < -0.3 is 0 Å². The maximum atomic E-state index is 8.11. The molecule has 1 aliphatic rings. The van der Waals surface area contributed by atoms with E-state index in [1.807, 2.05) is 0 Å². The Kier molecular flexibility index (Phi) is 4.71. The standard InChI is InChI=1S/C8H13Cl2N3/c9-7-1-2-8(10)6(5-7)3-4-12-13-11/h6-8H,1-5H2. The molecule has 1 saturated carbocycles. The first-order chi connectivity index (χ1) is 6.24. The Morgan fingerprint density at radius 2 is 2.15 bits per heavy atom. The third-order valence-corrected chi connectivity index (χ3v) is 3.46. The Labute approximate surface area is 88.0 Å². The molecule has 0 saturated heterocycles. The summed E-state index contributed by atoms with van der Waals surface area (Å²) in [6.07, 6.45) is 3.81. The van der Waals surface area contributed by atoms with Crippen molar-refractivity contribution in [3.05, 3.63) is 10.4 Å². The number of nitrogens with zero attached hydrogens (tertiary/aromatic N) is 3. The number of hydrogen-bond acceptors (Lipinski definition) is 1. The van der Waals surface area contributed by atoms with Crippen LogP contribution in [0.2, 0.25) is 0 Å². The van der Waals surface area contributed by atoms with E-state index in [1.165, 1.54) is 0 Å². The molecule has 3 atom stereocenters. The lowest BCUT2D eigenvalue weighted by molar-refractivity contribution is 0.354. The zero-order valence-corrected chi connectivity index (χ0v) is 8.88. The lowest BCUT2D eigenvalue weighted by atomic mass is 9.86. The molecule has 1 rings (SSSR count). The monoisotopic (exact) mass is 221 g/mol. The summed E-state index contributed by atoms with van der Waals surface area (Å²) in [5, 5.41) is 3.97. The van der Waals surface area contributed by atoms with Crippen molar-refractivity contribution in [3.63, 3.8) is 0 Å². The van der Waals surface area contributed by atoms with Crippen LogP contribution in [0.3, 0.4) is 0 Å². The Morgan fingerprint density at radius 3 is 2.85 bits per heavy atom. The fourth-order valence-electron chi connectivity index (χ4n) is 1.74. The van der Waals surface area contributed by atoms with Crippen LogP contribution in [0.5, 0.6) is 0 Å². The largest absolute Gasteiger partial charge is 0.123 e. The molecular weight excluding hydrogens is 209 g/mol. The Balaban J connectivity index is 2.32. The van der Waals surface area contributed by atoms with Gasteiger partial charge in [0.05, 0.1) is 0 Å². The molecule has 0 aromatic heterocycles.